The Kier molecular flexibility index (Phi) is 5.37. The first kappa shape index (κ1) is 15.8. The SMILES string of the molecule is O=C(Nc1ccc(N2CCCCC2)c(Cl)c1)N1CCSCC1. The Hall–Kier alpha value is -1.07. The van der Waals surface area contributed by atoms with E-state index < -0.39 is 0 Å². The summed E-state index contributed by atoms with van der Waals surface area (Å²) in [6.45, 7) is 3.76. The first-order valence-electron chi connectivity index (χ1n) is 7.92. The van der Waals surface area contributed by atoms with Crippen LogP contribution in [0.25, 0.3) is 0 Å². The molecule has 2 saturated heterocycles. The fourth-order valence-electron chi connectivity index (χ4n) is 2.94. The summed E-state index contributed by atoms with van der Waals surface area (Å²) in [4.78, 5) is 16.4. The number of nitrogens with zero attached hydrogens (tertiary/aromatic N) is 2. The number of urea groups is 1. The van der Waals surface area contributed by atoms with E-state index in [2.05, 4.69) is 10.2 Å². The first-order chi connectivity index (χ1) is 10.7. The summed E-state index contributed by atoms with van der Waals surface area (Å²) in [7, 11) is 0. The summed E-state index contributed by atoms with van der Waals surface area (Å²) in [5.74, 6) is 2.03. The largest absolute Gasteiger partial charge is 0.370 e. The number of carbonyl (C=O) groups is 1. The van der Waals surface area contributed by atoms with Crippen molar-refractivity contribution < 1.29 is 4.79 Å². The lowest BCUT2D eigenvalue weighted by Crippen LogP contribution is -2.40. The minimum absolute atomic E-state index is 0.0258. The second kappa shape index (κ2) is 7.47. The molecule has 2 amide bonds. The number of hydrogen-bond donors (Lipinski definition) is 1. The van der Waals surface area contributed by atoms with Crippen LogP contribution in [0.15, 0.2) is 18.2 Å². The van der Waals surface area contributed by atoms with E-state index in [1.807, 2.05) is 34.9 Å². The van der Waals surface area contributed by atoms with Crippen molar-refractivity contribution in [2.75, 3.05) is 47.9 Å². The van der Waals surface area contributed by atoms with E-state index >= 15 is 0 Å². The minimum Gasteiger partial charge on any atom is -0.370 e. The highest BCUT2D eigenvalue weighted by Gasteiger charge is 2.18. The molecule has 0 saturated carbocycles. The van der Waals surface area contributed by atoms with Crippen molar-refractivity contribution in [2.45, 2.75) is 19.3 Å². The number of anilines is 2. The zero-order valence-corrected chi connectivity index (χ0v) is 14.3. The van der Waals surface area contributed by atoms with Gasteiger partial charge in [-0.1, -0.05) is 11.6 Å². The predicted molar refractivity (Wildman–Crippen MR) is 95.4 cm³/mol. The summed E-state index contributed by atoms with van der Waals surface area (Å²) in [6.07, 6.45) is 3.75. The van der Waals surface area contributed by atoms with Crippen molar-refractivity contribution in [2.24, 2.45) is 0 Å². The number of thioether (sulfide) groups is 1. The van der Waals surface area contributed by atoms with Crippen LogP contribution in [0.3, 0.4) is 0 Å². The van der Waals surface area contributed by atoms with Gasteiger partial charge < -0.3 is 15.1 Å². The van der Waals surface area contributed by atoms with Gasteiger partial charge in [-0.2, -0.15) is 11.8 Å². The lowest BCUT2D eigenvalue weighted by molar-refractivity contribution is 0.217. The number of piperidine rings is 1. The number of nitrogens with one attached hydrogen (secondary N) is 1. The number of carbonyl (C=O) groups excluding carboxylic acids is 1. The fourth-order valence-corrected chi connectivity index (χ4v) is 4.15. The van der Waals surface area contributed by atoms with Gasteiger partial charge in [-0.05, 0) is 37.5 Å². The molecule has 0 unspecified atom stereocenters. The van der Waals surface area contributed by atoms with Crippen LogP contribution in [-0.2, 0) is 0 Å². The van der Waals surface area contributed by atoms with Crippen molar-refractivity contribution in [3.63, 3.8) is 0 Å². The number of amides is 2. The van der Waals surface area contributed by atoms with Crippen LogP contribution in [-0.4, -0.2) is 48.6 Å². The van der Waals surface area contributed by atoms with E-state index in [9.17, 15) is 4.79 Å². The second-order valence-electron chi connectivity index (χ2n) is 5.74. The maximum absolute atomic E-state index is 12.2. The molecule has 22 heavy (non-hydrogen) atoms. The maximum Gasteiger partial charge on any atom is 0.321 e. The van der Waals surface area contributed by atoms with Gasteiger partial charge in [0.1, 0.15) is 0 Å². The molecule has 0 radical (unpaired) electrons. The van der Waals surface area contributed by atoms with Crippen LogP contribution >= 0.6 is 23.4 Å². The van der Waals surface area contributed by atoms with Crippen molar-refractivity contribution in [1.82, 2.24) is 4.90 Å². The summed E-state index contributed by atoms with van der Waals surface area (Å²) >= 11 is 8.32. The molecule has 2 aliphatic rings. The molecule has 120 valence electrons. The van der Waals surface area contributed by atoms with Gasteiger partial charge in [0.25, 0.3) is 0 Å². The Morgan fingerprint density at radius 1 is 1.09 bits per heavy atom. The summed E-state index contributed by atoms with van der Waals surface area (Å²) in [5, 5.41) is 3.67. The van der Waals surface area contributed by atoms with Crippen LogP contribution in [0.1, 0.15) is 19.3 Å². The van der Waals surface area contributed by atoms with Crippen LogP contribution in [0.5, 0.6) is 0 Å². The lowest BCUT2D eigenvalue weighted by atomic mass is 10.1. The maximum atomic E-state index is 12.2. The molecule has 2 aliphatic heterocycles. The molecule has 6 heteroatoms. The van der Waals surface area contributed by atoms with Crippen molar-refractivity contribution in [3.05, 3.63) is 23.2 Å². The number of hydrogen-bond acceptors (Lipinski definition) is 3. The van der Waals surface area contributed by atoms with Gasteiger partial charge in [0.05, 0.1) is 10.7 Å². The van der Waals surface area contributed by atoms with Crippen molar-refractivity contribution in [3.8, 4) is 0 Å². The molecule has 0 atom stereocenters. The minimum atomic E-state index is -0.0258. The summed E-state index contributed by atoms with van der Waals surface area (Å²) < 4.78 is 0. The molecular weight excluding hydrogens is 318 g/mol. The molecule has 0 aromatic heterocycles. The molecule has 1 aromatic carbocycles. The van der Waals surface area contributed by atoms with Crippen LogP contribution in [0, 0.1) is 0 Å². The molecule has 2 fully saturated rings. The standard InChI is InChI=1S/C16H22ClN3OS/c17-14-12-13(18-16(21)20-8-10-22-11-9-20)4-5-15(14)19-6-2-1-3-7-19/h4-5,12H,1-3,6-11H2,(H,18,21). The van der Waals surface area contributed by atoms with E-state index in [1.54, 1.807) is 0 Å². The highest BCUT2D eigenvalue weighted by molar-refractivity contribution is 7.99. The Morgan fingerprint density at radius 3 is 2.50 bits per heavy atom. The highest BCUT2D eigenvalue weighted by Crippen LogP contribution is 2.31. The zero-order chi connectivity index (χ0) is 15.4. The Morgan fingerprint density at radius 2 is 1.82 bits per heavy atom. The molecular formula is C16H22ClN3OS. The second-order valence-corrected chi connectivity index (χ2v) is 7.38. The highest BCUT2D eigenvalue weighted by atomic mass is 35.5. The topological polar surface area (TPSA) is 35.6 Å². The van der Waals surface area contributed by atoms with Crippen molar-refractivity contribution >= 4 is 40.8 Å². The molecule has 0 bridgehead atoms. The number of benzene rings is 1. The molecule has 0 aliphatic carbocycles. The molecule has 1 aromatic rings. The predicted octanol–water partition coefficient (Wildman–Crippen LogP) is 3.91. The van der Waals surface area contributed by atoms with Gasteiger partial charge in [-0.15, -0.1) is 0 Å². The van der Waals surface area contributed by atoms with Crippen molar-refractivity contribution in [1.29, 1.82) is 0 Å². The first-order valence-corrected chi connectivity index (χ1v) is 9.45. The van der Waals surface area contributed by atoms with E-state index in [1.165, 1.54) is 19.3 Å². The van der Waals surface area contributed by atoms with Gasteiger partial charge >= 0.3 is 6.03 Å². The van der Waals surface area contributed by atoms with Crippen LogP contribution < -0.4 is 10.2 Å². The van der Waals surface area contributed by atoms with Gasteiger partial charge in [-0.25, -0.2) is 4.79 Å². The quantitative estimate of drug-likeness (QED) is 0.887. The third-order valence-electron chi connectivity index (χ3n) is 4.19. The normalized spacial score (nSPS) is 19.1. The molecule has 2 heterocycles. The van der Waals surface area contributed by atoms with Gasteiger partial charge in [0, 0.05) is 43.4 Å². The van der Waals surface area contributed by atoms with Crippen LogP contribution in [0.4, 0.5) is 16.2 Å². The van der Waals surface area contributed by atoms with E-state index in [0.29, 0.717) is 5.02 Å². The number of rotatable bonds is 2. The third kappa shape index (κ3) is 3.82. The van der Waals surface area contributed by atoms with E-state index in [0.717, 1.165) is 49.1 Å². The molecule has 3 rings (SSSR count). The molecule has 4 nitrogen and oxygen atoms in total. The summed E-state index contributed by atoms with van der Waals surface area (Å²) in [5.41, 5.74) is 1.85. The zero-order valence-electron chi connectivity index (χ0n) is 12.7. The average molecular weight is 340 g/mol. The van der Waals surface area contributed by atoms with Gasteiger partial charge in [0.2, 0.25) is 0 Å². The monoisotopic (exact) mass is 339 g/mol. The van der Waals surface area contributed by atoms with Gasteiger partial charge in [-0.3, -0.25) is 0 Å². The van der Waals surface area contributed by atoms with Crippen LogP contribution in [0.2, 0.25) is 5.02 Å². The Balaban J connectivity index is 1.64. The molecule has 0 spiro atoms. The fraction of sp³-hybridized carbons (Fsp3) is 0.562. The summed E-state index contributed by atoms with van der Waals surface area (Å²) in [6, 6.07) is 5.81. The smallest absolute Gasteiger partial charge is 0.321 e. The van der Waals surface area contributed by atoms with E-state index in [-0.39, 0.29) is 6.03 Å². The molecule has 1 N–H and O–H groups in total. The Bertz CT molecular complexity index is 528. The number of halogens is 1. The third-order valence-corrected chi connectivity index (χ3v) is 5.44. The average Bonchev–Trinajstić information content (AvgIpc) is 2.56. The Labute approximate surface area is 141 Å². The van der Waals surface area contributed by atoms with Gasteiger partial charge in [0.15, 0.2) is 0 Å². The van der Waals surface area contributed by atoms with E-state index in [4.69, 9.17) is 11.6 Å². The lowest BCUT2D eigenvalue weighted by Gasteiger charge is -2.30.